The summed E-state index contributed by atoms with van der Waals surface area (Å²) in [6.45, 7) is 18.8. The van der Waals surface area contributed by atoms with Gasteiger partial charge in [0.2, 0.25) is 17.7 Å². The number of hydrogen-bond donors (Lipinski definition) is 7. The zero-order valence-corrected chi connectivity index (χ0v) is 55.8. The fourth-order valence-corrected chi connectivity index (χ4v) is 11.4. The largest absolute Gasteiger partial charge is 0.458 e. The normalized spacial score (nSPS) is 16.0. The van der Waals surface area contributed by atoms with Crippen LogP contribution >= 0.6 is 0 Å². The van der Waals surface area contributed by atoms with Gasteiger partial charge in [0.25, 0.3) is 5.56 Å². The number of aliphatic hydroxyl groups is 1. The fraction of sp³-hybridized carbons (Fsp3) is 0.618. The molecule has 4 heterocycles. The van der Waals surface area contributed by atoms with Crippen LogP contribution in [-0.4, -0.2) is 175 Å². The van der Waals surface area contributed by atoms with Crippen molar-refractivity contribution >= 4 is 52.4 Å². The number of urea groups is 1. The number of aryl methyl sites for hydroxylation is 1. The highest BCUT2D eigenvalue weighted by Crippen LogP contribution is 2.46. The number of carbonyl (C=O) groups excluding carboxylic acids is 6. The number of nitrogens with two attached hydrogens (primary N) is 1. The van der Waals surface area contributed by atoms with Gasteiger partial charge in [0.1, 0.15) is 31.1 Å². The van der Waals surface area contributed by atoms with Crippen LogP contribution in [-0.2, 0) is 98.3 Å². The highest BCUT2D eigenvalue weighted by Gasteiger charge is 2.46. The Kier molecular flexibility index (Phi) is 30.5. The molecule has 0 bridgehead atoms. The maximum absolute atomic E-state index is 15.5. The number of pyridine rings is 2. The average molecular weight is 1330 g/mol. The second kappa shape index (κ2) is 38.5. The third kappa shape index (κ3) is 22.2. The van der Waals surface area contributed by atoms with Gasteiger partial charge in [-0.25, -0.2) is 23.8 Å². The second-order valence-corrected chi connectivity index (χ2v) is 24.5. The Morgan fingerprint density at radius 2 is 1.35 bits per heavy atom. The Hall–Kier alpha value is -7.21. The van der Waals surface area contributed by atoms with Crippen molar-refractivity contribution in [1.29, 1.82) is 0 Å². The van der Waals surface area contributed by atoms with Crippen LogP contribution in [0.25, 0.3) is 22.3 Å². The number of halogens is 1. The monoisotopic (exact) mass is 1330 g/mol. The van der Waals surface area contributed by atoms with Gasteiger partial charge >= 0.3 is 18.1 Å². The van der Waals surface area contributed by atoms with Crippen LogP contribution in [0.5, 0.6) is 0 Å². The van der Waals surface area contributed by atoms with Crippen LogP contribution in [0, 0.1) is 24.6 Å². The van der Waals surface area contributed by atoms with Crippen molar-refractivity contribution in [2.75, 3.05) is 118 Å². The third-order valence-corrected chi connectivity index (χ3v) is 16.8. The van der Waals surface area contributed by atoms with Crippen LogP contribution in [0.4, 0.5) is 19.7 Å². The lowest BCUT2D eigenvalue weighted by Gasteiger charge is -2.31. The summed E-state index contributed by atoms with van der Waals surface area (Å²) in [4.78, 5) is 97.6. The van der Waals surface area contributed by atoms with Crippen LogP contribution in [0.15, 0.2) is 41.2 Å². The first-order valence-electron chi connectivity index (χ1n) is 33.2. The summed E-state index contributed by atoms with van der Waals surface area (Å²) in [6.07, 6.45) is 4.10. The van der Waals surface area contributed by atoms with Crippen molar-refractivity contribution < 1.29 is 85.6 Å². The van der Waals surface area contributed by atoms with E-state index in [9.17, 15) is 38.7 Å². The first kappa shape index (κ1) is 75.2. The van der Waals surface area contributed by atoms with Crippen molar-refractivity contribution in [3.05, 3.63) is 91.5 Å². The Labute approximate surface area is 554 Å². The standard InChI is InChI=1S/C68H97FN8O18/c1-7-68(85)51-38-56-61-49(40-77(56)64(81)50(51)42-94-65(68)82)59-53(18-17-48-45(6)52(69)39-55(73-61)58(48)59)75-67(84)95-41-46-13-15-47(16-14-46)72-62(79)54(12-11-21-71-66(70)83)74-63(80)60(44(4)5)76-57(78)20-25-89-28-26-86-22-9-8-10-23-87-27-30-90-32-34-92-36-37-93-35-33-91-31-29-88-24-19-43(2)3/h13-16,38-39,43-44,53-54,60,85H,7-12,17-37,40-42H2,1-6H3,(H,72,79)(H,74,80)(H,75,84)(H,76,78)(H3,70,71,83)/t53-,54-,60-,68-/m0/s1. The summed E-state index contributed by atoms with van der Waals surface area (Å²) in [5.41, 5.74) is 7.51. The van der Waals surface area contributed by atoms with Gasteiger partial charge in [0.15, 0.2) is 5.60 Å². The number of unbranched alkanes of at least 4 members (excludes halogenated alkanes) is 2. The quantitative estimate of drug-likeness (QED) is 0.0169. The van der Waals surface area contributed by atoms with E-state index in [0.717, 1.165) is 37.9 Å². The number of alkyl carbamates (subject to hydrolysis) is 1. The molecule has 524 valence electrons. The van der Waals surface area contributed by atoms with E-state index in [0.29, 0.717) is 155 Å². The van der Waals surface area contributed by atoms with E-state index in [1.165, 1.54) is 10.6 Å². The number of hydrogen-bond acceptors (Lipinski definition) is 19. The number of ether oxygens (including phenoxy) is 10. The number of carbonyl (C=O) groups is 6. The molecule has 3 aliphatic rings. The predicted molar refractivity (Wildman–Crippen MR) is 349 cm³/mol. The van der Waals surface area contributed by atoms with E-state index in [-0.39, 0.29) is 82.2 Å². The SMILES string of the molecule is CC[C@@]1(O)C(=O)OCc2c1cc1n(c2=O)Cc2c-1nc1cc(F)c(C)c3c1c2[C@@H](NC(=O)OCc1ccc(NC(=O)[C@H](CCCNC(N)=O)NC(=O)[C@@H](NC(=O)CCOCCOCCCCCOCCOCCOCCOCCOCCOCCC(C)C)C(C)C)cc1)CC3. The molecule has 8 N–H and O–H groups in total. The van der Waals surface area contributed by atoms with Crippen LogP contribution in [0.2, 0.25) is 0 Å². The number of rotatable bonds is 44. The van der Waals surface area contributed by atoms with Crippen LogP contribution in [0.1, 0.15) is 137 Å². The maximum atomic E-state index is 15.5. The van der Waals surface area contributed by atoms with Crippen molar-refractivity contribution in [2.24, 2.45) is 17.6 Å². The lowest BCUT2D eigenvalue weighted by atomic mass is 9.81. The van der Waals surface area contributed by atoms with Crippen molar-refractivity contribution in [2.45, 2.75) is 149 Å². The molecule has 95 heavy (non-hydrogen) atoms. The number of anilines is 1. The van der Waals surface area contributed by atoms with Crippen molar-refractivity contribution in [1.82, 2.24) is 30.8 Å². The highest BCUT2D eigenvalue weighted by atomic mass is 19.1. The number of esters is 1. The smallest absolute Gasteiger partial charge is 0.407 e. The number of aromatic nitrogens is 2. The summed E-state index contributed by atoms with van der Waals surface area (Å²) in [5.74, 6) is -2.60. The Morgan fingerprint density at radius 1 is 0.747 bits per heavy atom. The van der Waals surface area contributed by atoms with Crippen molar-refractivity contribution in [3.63, 3.8) is 0 Å². The summed E-state index contributed by atoms with van der Waals surface area (Å²) < 4.78 is 72.5. The summed E-state index contributed by atoms with van der Waals surface area (Å²) in [7, 11) is 0. The molecule has 0 saturated heterocycles. The number of amides is 6. The van der Waals surface area contributed by atoms with E-state index >= 15 is 4.39 Å². The maximum Gasteiger partial charge on any atom is 0.407 e. The second-order valence-electron chi connectivity index (χ2n) is 24.5. The Morgan fingerprint density at radius 3 is 1.94 bits per heavy atom. The molecule has 7 rings (SSSR count). The van der Waals surface area contributed by atoms with Gasteiger partial charge < -0.3 is 89.4 Å². The number of fused-ring (bicyclic) bond motifs is 5. The van der Waals surface area contributed by atoms with Gasteiger partial charge in [-0.1, -0.05) is 46.8 Å². The minimum Gasteiger partial charge on any atom is -0.458 e. The summed E-state index contributed by atoms with van der Waals surface area (Å²) in [5, 5.41) is 25.9. The van der Waals surface area contributed by atoms with Crippen LogP contribution in [0.3, 0.4) is 0 Å². The molecule has 6 amide bonds. The van der Waals surface area contributed by atoms with Gasteiger partial charge in [-0.15, -0.1) is 0 Å². The molecule has 0 fully saturated rings. The van der Waals surface area contributed by atoms with Crippen molar-refractivity contribution in [3.8, 4) is 11.4 Å². The van der Waals surface area contributed by atoms with Gasteiger partial charge in [-0.2, -0.15) is 0 Å². The number of primary amides is 1. The fourth-order valence-electron chi connectivity index (χ4n) is 11.4. The number of nitrogens with one attached hydrogen (secondary N) is 5. The topological polar surface area (TPSA) is 336 Å². The molecule has 0 unspecified atom stereocenters. The molecule has 26 nitrogen and oxygen atoms in total. The molecule has 4 aromatic rings. The highest BCUT2D eigenvalue weighted by molar-refractivity contribution is 5.99. The molecular weight excluding hydrogens is 1240 g/mol. The molecule has 1 aliphatic carbocycles. The summed E-state index contributed by atoms with van der Waals surface area (Å²) in [6, 6.07) is 5.96. The van der Waals surface area contributed by atoms with Crippen LogP contribution < -0.4 is 37.9 Å². The molecule has 0 radical (unpaired) electrons. The lowest BCUT2D eigenvalue weighted by Crippen LogP contribution is -2.54. The molecule has 27 heteroatoms. The van der Waals surface area contributed by atoms with E-state index < -0.39 is 70.9 Å². The van der Waals surface area contributed by atoms with Gasteiger partial charge in [-0.05, 0) is 117 Å². The van der Waals surface area contributed by atoms with Gasteiger partial charge in [-0.3, -0.25) is 19.2 Å². The lowest BCUT2D eigenvalue weighted by molar-refractivity contribution is -0.172. The minimum atomic E-state index is -2.05. The van der Waals surface area contributed by atoms with E-state index in [2.05, 4.69) is 40.4 Å². The van der Waals surface area contributed by atoms with Gasteiger partial charge in [0, 0.05) is 61.1 Å². The zero-order chi connectivity index (χ0) is 68.3. The molecule has 2 aromatic carbocycles. The molecule has 2 aromatic heterocycles. The van der Waals surface area contributed by atoms with E-state index in [4.69, 9.17) is 58.1 Å². The molecular formula is C68H97FN8O18. The number of nitrogens with zero attached hydrogens (tertiary/aromatic N) is 2. The van der Waals surface area contributed by atoms with E-state index in [1.54, 1.807) is 58.0 Å². The molecule has 2 aliphatic heterocycles. The van der Waals surface area contributed by atoms with Gasteiger partial charge in [0.05, 0.1) is 121 Å². The number of benzene rings is 2. The minimum absolute atomic E-state index is 0.0156. The Balaban J connectivity index is 0.781. The molecule has 0 saturated carbocycles. The van der Waals surface area contributed by atoms with E-state index in [1.807, 2.05) is 0 Å². The average Bonchev–Trinajstić information content (AvgIpc) is 1.61. The number of cyclic esters (lactones) is 1. The first-order valence-corrected chi connectivity index (χ1v) is 33.2. The predicted octanol–water partition coefficient (Wildman–Crippen LogP) is 6.19. The third-order valence-electron chi connectivity index (χ3n) is 16.8. The zero-order valence-electron chi connectivity index (χ0n) is 55.8. The molecule has 0 spiro atoms. The Bertz CT molecular complexity index is 3260. The molecule has 4 atom stereocenters. The first-order chi connectivity index (χ1) is 45.8. The summed E-state index contributed by atoms with van der Waals surface area (Å²) >= 11 is 0.